The summed E-state index contributed by atoms with van der Waals surface area (Å²) in [6.45, 7) is 1.98. The largest absolute Gasteiger partial charge is 0.306 e. The van der Waals surface area contributed by atoms with Crippen LogP contribution in [-0.2, 0) is 6.42 Å². The van der Waals surface area contributed by atoms with E-state index >= 15 is 0 Å². The van der Waals surface area contributed by atoms with Crippen molar-refractivity contribution >= 4 is 23.1 Å². The van der Waals surface area contributed by atoms with E-state index in [2.05, 4.69) is 39.7 Å². The van der Waals surface area contributed by atoms with Gasteiger partial charge in [0.05, 0.1) is 18.4 Å². The first-order chi connectivity index (χ1) is 14.7. The molecule has 150 valence electrons. The van der Waals surface area contributed by atoms with Crippen molar-refractivity contribution in [3.05, 3.63) is 88.6 Å². The van der Waals surface area contributed by atoms with E-state index in [1.165, 1.54) is 22.5 Å². The fraction of sp³-hybridized carbons (Fsp3) is 0.208. The Morgan fingerprint density at radius 2 is 1.90 bits per heavy atom. The molecular weight excluding hydrogens is 392 g/mol. The summed E-state index contributed by atoms with van der Waals surface area (Å²) >= 11 is 1.40. The first-order valence-electron chi connectivity index (χ1n) is 10.2. The van der Waals surface area contributed by atoms with E-state index in [4.69, 9.17) is 0 Å². The van der Waals surface area contributed by atoms with Gasteiger partial charge in [0.25, 0.3) is 5.91 Å². The van der Waals surface area contributed by atoms with Gasteiger partial charge >= 0.3 is 0 Å². The van der Waals surface area contributed by atoms with Crippen LogP contribution in [0.4, 0.5) is 5.82 Å². The second kappa shape index (κ2) is 7.88. The highest BCUT2D eigenvalue weighted by Crippen LogP contribution is 2.35. The van der Waals surface area contributed by atoms with Crippen molar-refractivity contribution in [2.75, 3.05) is 5.32 Å². The maximum atomic E-state index is 13.0. The van der Waals surface area contributed by atoms with Gasteiger partial charge in [-0.05, 0) is 37.3 Å². The molecule has 0 fully saturated rings. The van der Waals surface area contributed by atoms with Gasteiger partial charge in [-0.2, -0.15) is 5.10 Å². The van der Waals surface area contributed by atoms with E-state index in [1.54, 1.807) is 6.20 Å². The minimum Gasteiger partial charge on any atom is -0.306 e. The summed E-state index contributed by atoms with van der Waals surface area (Å²) in [6, 6.07) is 18.6. The predicted octanol–water partition coefficient (Wildman–Crippen LogP) is 5.49. The topological polar surface area (TPSA) is 59.8 Å². The zero-order valence-corrected chi connectivity index (χ0v) is 17.5. The molecule has 1 aliphatic rings. The Bertz CT molecular complexity index is 1190. The van der Waals surface area contributed by atoms with E-state index in [0.29, 0.717) is 4.88 Å². The van der Waals surface area contributed by atoms with Crippen LogP contribution in [0.25, 0.3) is 10.6 Å². The predicted molar refractivity (Wildman–Crippen MR) is 120 cm³/mol. The number of aryl methyl sites for hydroxylation is 2. The number of nitrogens with one attached hydrogen (secondary N) is 1. The van der Waals surface area contributed by atoms with Gasteiger partial charge in [-0.1, -0.05) is 54.6 Å². The number of rotatable bonds is 4. The van der Waals surface area contributed by atoms with Gasteiger partial charge in [-0.15, -0.1) is 11.3 Å². The Kier molecular flexibility index (Phi) is 4.93. The van der Waals surface area contributed by atoms with Crippen molar-refractivity contribution in [3.8, 4) is 10.6 Å². The Labute approximate surface area is 179 Å². The summed E-state index contributed by atoms with van der Waals surface area (Å²) in [4.78, 5) is 18.0. The molecule has 5 nitrogen and oxygen atoms in total. The minimum atomic E-state index is -0.149. The summed E-state index contributed by atoms with van der Waals surface area (Å²) in [6.07, 6.45) is 6.70. The molecule has 1 unspecified atom stereocenters. The van der Waals surface area contributed by atoms with E-state index < -0.39 is 0 Å². The zero-order chi connectivity index (χ0) is 20.5. The highest BCUT2D eigenvalue weighted by atomic mass is 32.1. The van der Waals surface area contributed by atoms with Crippen LogP contribution in [0.1, 0.15) is 45.2 Å². The second-order valence-corrected chi connectivity index (χ2v) is 8.61. The van der Waals surface area contributed by atoms with Crippen molar-refractivity contribution in [2.45, 2.75) is 32.2 Å². The van der Waals surface area contributed by atoms with Crippen LogP contribution in [0, 0.1) is 6.92 Å². The second-order valence-electron chi connectivity index (χ2n) is 7.58. The molecule has 0 aliphatic heterocycles. The van der Waals surface area contributed by atoms with Crippen LogP contribution < -0.4 is 5.32 Å². The standard InChI is InChI=1S/C24H22N4OS/c1-16-14-26-28(20-13-7-11-17-8-5-6-12-19(17)20)22(16)27-23(29)21-15-25-24(30-21)18-9-3-2-4-10-18/h2-6,8-10,12,14-15,20H,7,11,13H2,1H3,(H,27,29). The van der Waals surface area contributed by atoms with Crippen molar-refractivity contribution < 1.29 is 4.79 Å². The molecule has 0 radical (unpaired) electrons. The minimum absolute atomic E-state index is 0.139. The quantitative estimate of drug-likeness (QED) is 0.480. The molecule has 2 aromatic heterocycles. The third-order valence-corrected chi connectivity index (χ3v) is 6.64. The average Bonchev–Trinajstić information content (AvgIpc) is 3.42. The number of benzene rings is 2. The maximum Gasteiger partial charge on any atom is 0.268 e. The molecule has 1 N–H and O–H groups in total. The van der Waals surface area contributed by atoms with Gasteiger partial charge in [0, 0.05) is 11.1 Å². The summed E-state index contributed by atoms with van der Waals surface area (Å²) in [5.41, 5.74) is 4.64. The number of carbonyl (C=O) groups is 1. The van der Waals surface area contributed by atoms with E-state index in [-0.39, 0.29) is 11.9 Å². The lowest BCUT2D eigenvalue weighted by atomic mass is 9.88. The number of thiazole rings is 1. The van der Waals surface area contributed by atoms with Gasteiger partial charge in [0.2, 0.25) is 0 Å². The van der Waals surface area contributed by atoms with Gasteiger partial charge in [0.1, 0.15) is 15.7 Å². The monoisotopic (exact) mass is 414 g/mol. The zero-order valence-electron chi connectivity index (χ0n) is 16.7. The smallest absolute Gasteiger partial charge is 0.268 e. The summed E-state index contributed by atoms with van der Waals surface area (Å²) in [5.74, 6) is 0.611. The normalized spacial score (nSPS) is 15.6. The third-order valence-electron chi connectivity index (χ3n) is 5.59. The van der Waals surface area contributed by atoms with E-state index in [0.717, 1.165) is 41.2 Å². The molecule has 5 rings (SSSR count). The fourth-order valence-corrected chi connectivity index (χ4v) is 4.90. The Morgan fingerprint density at radius 1 is 1.10 bits per heavy atom. The van der Waals surface area contributed by atoms with Crippen LogP contribution in [0.2, 0.25) is 0 Å². The molecule has 2 heterocycles. The van der Waals surface area contributed by atoms with Crippen molar-refractivity contribution in [1.29, 1.82) is 0 Å². The maximum absolute atomic E-state index is 13.0. The third kappa shape index (κ3) is 3.44. The van der Waals surface area contributed by atoms with Gasteiger partial charge in [0.15, 0.2) is 0 Å². The van der Waals surface area contributed by atoms with Crippen molar-refractivity contribution in [1.82, 2.24) is 14.8 Å². The lowest BCUT2D eigenvalue weighted by Gasteiger charge is -2.27. The van der Waals surface area contributed by atoms with Crippen LogP contribution in [-0.4, -0.2) is 20.7 Å². The molecule has 6 heteroatoms. The number of nitrogens with zero attached hydrogens (tertiary/aromatic N) is 3. The van der Waals surface area contributed by atoms with Gasteiger partial charge in [-0.25, -0.2) is 9.67 Å². The number of amides is 1. The molecule has 1 amide bonds. The molecule has 1 aliphatic carbocycles. The van der Waals surface area contributed by atoms with Crippen LogP contribution in [0.3, 0.4) is 0 Å². The molecule has 1 atom stereocenters. The Balaban J connectivity index is 1.43. The first-order valence-corrected chi connectivity index (χ1v) is 11.0. The summed E-state index contributed by atoms with van der Waals surface area (Å²) < 4.78 is 1.98. The van der Waals surface area contributed by atoms with E-state index in [1.807, 2.05) is 48.1 Å². The van der Waals surface area contributed by atoms with Gasteiger partial charge in [-0.3, -0.25) is 4.79 Å². The first kappa shape index (κ1) is 18.8. The highest BCUT2D eigenvalue weighted by Gasteiger charge is 2.25. The lowest BCUT2D eigenvalue weighted by Crippen LogP contribution is -2.22. The molecule has 4 aromatic rings. The summed E-state index contributed by atoms with van der Waals surface area (Å²) in [7, 11) is 0. The SMILES string of the molecule is Cc1cnn(C2CCCc3ccccc32)c1NC(=O)c1cnc(-c2ccccc2)s1. The summed E-state index contributed by atoms with van der Waals surface area (Å²) in [5, 5.41) is 8.57. The number of aromatic nitrogens is 3. The van der Waals surface area contributed by atoms with Gasteiger partial charge < -0.3 is 5.32 Å². The number of hydrogen-bond donors (Lipinski definition) is 1. The number of hydrogen-bond acceptors (Lipinski definition) is 4. The van der Waals surface area contributed by atoms with Crippen molar-refractivity contribution in [2.24, 2.45) is 0 Å². The Hall–Kier alpha value is -3.25. The fourth-order valence-electron chi connectivity index (χ4n) is 4.09. The molecule has 0 spiro atoms. The molecule has 2 aromatic carbocycles. The number of carbonyl (C=O) groups excluding carboxylic acids is 1. The van der Waals surface area contributed by atoms with E-state index in [9.17, 15) is 4.79 Å². The Morgan fingerprint density at radius 3 is 2.77 bits per heavy atom. The molecule has 0 bridgehead atoms. The van der Waals surface area contributed by atoms with Crippen LogP contribution in [0.5, 0.6) is 0 Å². The average molecular weight is 415 g/mol. The van der Waals surface area contributed by atoms with Crippen molar-refractivity contribution in [3.63, 3.8) is 0 Å². The molecular formula is C24H22N4OS. The highest BCUT2D eigenvalue weighted by molar-refractivity contribution is 7.17. The molecule has 30 heavy (non-hydrogen) atoms. The number of anilines is 1. The van der Waals surface area contributed by atoms with Crippen LogP contribution >= 0.6 is 11.3 Å². The molecule has 0 saturated carbocycles. The molecule has 0 saturated heterocycles. The number of fused-ring (bicyclic) bond motifs is 1. The lowest BCUT2D eigenvalue weighted by molar-refractivity contribution is 0.102. The van der Waals surface area contributed by atoms with Crippen LogP contribution in [0.15, 0.2) is 67.0 Å².